The highest BCUT2D eigenvalue weighted by molar-refractivity contribution is 9.10. The van der Waals surface area contributed by atoms with Crippen LogP contribution in [0.3, 0.4) is 0 Å². The van der Waals surface area contributed by atoms with Crippen molar-refractivity contribution in [3.8, 4) is 0 Å². The number of hydrogen-bond acceptors (Lipinski definition) is 1. The number of aliphatic imine (C=N–C) groups is 1. The van der Waals surface area contributed by atoms with Gasteiger partial charge in [-0.05, 0) is 23.3 Å². The van der Waals surface area contributed by atoms with Gasteiger partial charge in [-0.15, -0.1) is 0 Å². The summed E-state index contributed by atoms with van der Waals surface area (Å²) in [5.41, 5.74) is 0.756. The predicted molar refractivity (Wildman–Crippen MR) is 77.0 cm³/mol. The summed E-state index contributed by atoms with van der Waals surface area (Å²) in [4.78, 5) is 3.70. The molecule has 0 spiro atoms. The Bertz CT molecular complexity index is 576. The van der Waals surface area contributed by atoms with Crippen molar-refractivity contribution >= 4 is 22.1 Å². The molecule has 0 amide bonds. The van der Waals surface area contributed by atoms with E-state index in [1.54, 1.807) is 42.5 Å². The van der Waals surface area contributed by atoms with Crippen LogP contribution in [0, 0.1) is 0 Å². The first-order valence-electron chi connectivity index (χ1n) is 5.87. The number of alkyl halides is 3. The van der Waals surface area contributed by atoms with E-state index in [2.05, 4.69) is 20.9 Å². The highest BCUT2D eigenvalue weighted by Gasteiger charge is 2.40. The molecule has 2 aromatic carbocycles. The van der Waals surface area contributed by atoms with Crippen molar-refractivity contribution < 1.29 is 13.2 Å². The van der Waals surface area contributed by atoms with E-state index in [1.165, 1.54) is 18.3 Å². The Morgan fingerprint density at radius 3 is 2.10 bits per heavy atom. The quantitative estimate of drug-likeness (QED) is 0.683. The van der Waals surface area contributed by atoms with Crippen LogP contribution < -0.4 is 0 Å². The summed E-state index contributed by atoms with van der Waals surface area (Å²) >= 11 is 3.20. The lowest BCUT2D eigenvalue weighted by Crippen LogP contribution is -2.19. The molecule has 1 nitrogen and oxygen atoms in total. The summed E-state index contributed by atoms with van der Waals surface area (Å²) in [5.74, 6) is 0. The monoisotopic (exact) mass is 341 g/mol. The molecule has 0 radical (unpaired) electrons. The molecule has 5 heteroatoms. The molecule has 0 aromatic heterocycles. The Morgan fingerprint density at radius 1 is 0.950 bits per heavy atom. The van der Waals surface area contributed by atoms with Gasteiger partial charge in [0.1, 0.15) is 0 Å². The largest absolute Gasteiger partial charge is 0.414 e. The highest BCUT2D eigenvalue weighted by atomic mass is 79.9. The molecule has 0 bridgehead atoms. The number of benzene rings is 2. The molecule has 1 atom stereocenters. The van der Waals surface area contributed by atoms with Crippen LogP contribution in [0.2, 0.25) is 0 Å². The Hall–Kier alpha value is -1.62. The van der Waals surface area contributed by atoms with Gasteiger partial charge in [0, 0.05) is 10.7 Å². The molecule has 0 aliphatic carbocycles. The third-order valence-corrected chi connectivity index (χ3v) is 3.20. The number of halogens is 4. The van der Waals surface area contributed by atoms with Gasteiger partial charge in [0.2, 0.25) is 0 Å². The molecule has 2 aromatic rings. The van der Waals surface area contributed by atoms with Crippen LogP contribution in [0.4, 0.5) is 13.2 Å². The van der Waals surface area contributed by atoms with Crippen molar-refractivity contribution in [2.24, 2.45) is 4.99 Å². The Labute approximate surface area is 123 Å². The van der Waals surface area contributed by atoms with E-state index in [0.717, 1.165) is 4.47 Å². The molecule has 0 N–H and O–H groups in total. The van der Waals surface area contributed by atoms with Crippen LogP contribution in [0.1, 0.15) is 17.2 Å². The van der Waals surface area contributed by atoms with Gasteiger partial charge in [0.25, 0.3) is 0 Å². The maximum absolute atomic E-state index is 13.1. The molecule has 20 heavy (non-hydrogen) atoms. The van der Waals surface area contributed by atoms with E-state index in [0.29, 0.717) is 5.56 Å². The topological polar surface area (TPSA) is 12.4 Å². The summed E-state index contributed by atoms with van der Waals surface area (Å²) in [5, 5.41) is 0. The second-order valence-electron chi connectivity index (χ2n) is 4.18. The second-order valence-corrected chi connectivity index (χ2v) is 5.10. The zero-order valence-corrected chi connectivity index (χ0v) is 11.9. The van der Waals surface area contributed by atoms with Crippen molar-refractivity contribution in [3.63, 3.8) is 0 Å². The van der Waals surface area contributed by atoms with E-state index >= 15 is 0 Å². The predicted octanol–water partition coefficient (Wildman–Crippen LogP) is 5.17. The van der Waals surface area contributed by atoms with Crippen LogP contribution in [-0.2, 0) is 0 Å². The molecule has 0 saturated heterocycles. The van der Waals surface area contributed by atoms with Crippen molar-refractivity contribution in [2.45, 2.75) is 12.2 Å². The van der Waals surface area contributed by atoms with Crippen LogP contribution >= 0.6 is 15.9 Å². The van der Waals surface area contributed by atoms with Gasteiger partial charge in [-0.25, -0.2) is 0 Å². The third kappa shape index (κ3) is 3.93. The van der Waals surface area contributed by atoms with Crippen LogP contribution in [-0.4, -0.2) is 12.4 Å². The van der Waals surface area contributed by atoms with Crippen LogP contribution in [0.25, 0.3) is 0 Å². The fourth-order valence-corrected chi connectivity index (χ4v) is 1.97. The average Bonchev–Trinajstić information content (AvgIpc) is 2.41. The fraction of sp³-hybridized carbons (Fsp3) is 0.133. The first-order chi connectivity index (χ1) is 9.47. The van der Waals surface area contributed by atoms with Gasteiger partial charge < -0.3 is 0 Å². The summed E-state index contributed by atoms with van der Waals surface area (Å²) < 4.78 is 40.0. The van der Waals surface area contributed by atoms with Crippen molar-refractivity contribution in [3.05, 3.63) is 70.2 Å². The summed E-state index contributed by atoms with van der Waals surface area (Å²) in [6.07, 6.45) is -3.17. The molecule has 0 aliphatic rings. The highest BCUT2D eigenvalue weighted by Crippen LogP contribution is 2.36. The smallest absolute Gasteiger partial charge is 0.275 e. The van der Waals surface area contributed by atoms with Crippen molar-refractivity contribution in [2.75, 3.05) is 0 Å². The summed E-state index contributed by atoms with van der Waals surface area (Å²) in [6, 6.07) is 12.9. The van der Waals surface area contributed by atoms with Gasteiger partial charge in [0.05, 0.1) is 0 Å². The first kappa shape index (κ1) is 14.8. The maximum Gasteiger partial charge on any atom is 0.414 e. The lowest BCUT2D eigenvalue weighted by atomic mass is 10.1. The van der Waals surface area contributed by atoms with E-state index in [-0.39, 0.29) is 5.56 Å². The normalized spacial score (nSPS) is 13.6. The number of rotatable bonds is 3. The molecular formula is C15H11BrF3N. The zero-order valence-electron chi connectivity index (χ0n) is 10.3. The molecular weight excluding hydrogens is 331 g/mol. The van der Waals surface area contributed by atoms with E-state index in [1.807, 2.05) is 0 Å². The third-order valence-electron chi connectivity index (χ3n) is 2.67. The molecule has 0 fully saturated rings. The number of nitrogens with zero attached hydrogens (tertiary/aromatic N) is 1. The lowest BCUT2D eigenvalue weighted by molar-refractivity contribution is -0.148. The van der Waals surface area contributed by atoms with Gasteiger partial charge in [-0.1, -0.05) is 58.4 Å². The fourth-order valence-electron chi connectivity index (χ4n) is 1.70. The zero-order chi connectivity index (χ0) is 14.6. The van der Waals surface area contributed by atoms with Gasteiger partial charge in [-0.3, -0.25) is 4.99 Å². The van der Waals surface area contributed by atoms with E-state index in [9.17, 15) is 13.2 Å². The van der Waals surface area contributed by atoms with Crippen LogP contribution in [0.5, 0.6) is 0 Å². The minimum atomic E-state index is -4.42. The Balaban J connectivity index is 2.30. The minimum absolute atomic E-state index is 0.118. The Morgan fingerprint density at radius 2 is 1.55 bits per heavy atom. The molecule has 0 saturated carbocycles. The average molecular weight is 342 g/mol. The first-order valence-corrected chi connectivity index (χ1v) is 6.66. The minimum Gasteiger partial charge on any atom is -0.275 e. The van der Waals surface area contributed by atoms with Gasteiger partial charge in [0.15, 0.2) is 6.04 Å². The van der Waals surface area contributed by atoms with E-state index < -0.39 is 12.2 Å². The van der Waals surface area contributed by atoms with E-state index in [4.69, 9.17) is 0 Å². The molecule has 2 rings (SSSR count). The molecule has 0 heterocycles. The molecule has 104 valence electrons. The lowest BCUT2D eigenvalue weighted by Gasteiger charge is -2.16. The second kappa shape index (κ2) is 6.22. The van der Waals surface area contributed by atoms with Gasteiger partial charge >= 0.3 is 6.18 Å². The molecule has 1 unspecified atom stereocenters. The standard InChI is InChI=1S/C15H11BrF3N/c16-13-8-6-12(7-9-13)14(15(17,18)19)20-10-11-4-2-1-3-5-11/h1-10,14H. The summed E-state index contributed by atoms with van der Waals surface area (Å²) in [6.45, 7) is 0. The van der Waals surface area contributed by atoms with Crippen LogP contribution in [0.15, 0.2) is 64.1 Å². The molecule has 0 aliphatic heterocycles. The van der Waals surface area contributed by atoms with Gasteiger partial charge in [-0.2, -0.15) is 13.2 Å². The van der Waals surface area contributed by atoms with Crippen molar-refractivity contribution in [1.29, 1.82) is 0 Å². The SMILES string of the molecule is FC(F)(F)C(N=Cc1ccccc1)c1ccc(Br)cc1. The summed E-state index contributed by atoms with van der Waals surface area (Å²) in [7, 11) is 0. The van der Waals surface area contributed by atoms with Crippen molar-refractivity contribution in [1.82, 2.24) is 0 Å². The number of hydrogen-bond donors (Lipinski definition) is 0. The Kier molecular flexibility index (Phi) is 4.60. The maximum atomic E-state index is 13.1.